The maximum absolute atomic E-state index is 12.3. The molecule has 3 rings (SSSR count). The zero-order chi connectivity index (χ0) is 16.1. The average molecular weight is 310 g/mol. The smallest absolute Gasteiger partial charge is 0.231 e. The van der Waals surface area contributed by atoms with Gasteiger partial charge in [0.1, 0.15) is 5.82 Å². The van der Waals surface area contributed by atoms with Gasteiger partial charge in [-0.3, -0.25) is 9.78 Å². The van der Waals surface area contributed by atoms with Crippen molar-refractivity contribution < 1.29 is 4.79 Å². The lowest BCUT2D eigenvalue weighted by molar-refractivity contribution is -0.117. The lowest BCUT2D eigenvalue weighted by Crippen LogP contribution is -2.30. The highest BCUT2D eigenvalue weighted by Gasteiger charge is 2.16. The summed E-state index contributed by atoms with van der Waals surface area (Å²) in [6.45, 7) is 4.02. The molecule has 1 N–H and O–H groups in total. The molecule has 2 aromatic heterocycles. The van der Waals surface area contributed by atoms with E-state index in [0.717, 1.165) is 30.2 Å². The van der Waals surface area contributed by atoms with Gasteiger partial charge in [-0.25, -0.2) is 4.98 Å². The van der Waals surface area contributed by atoms with Crippen molar-refractivity contribution in [2.75, 3.05) is 23.3 Å². The molecule has 5 heteroatoms. The summed E-state index contributed by atoms with van der Waals surface area (Å²) in [5, 5.41) is 2.93. The number of carbonyl (C=O) groups excluding carboxylic acids is 1. The number of anilines is 2. The number of hydrogen-bond acceptors (Lipinski definition) is 4. The highest BCUT2D eigenvalue weighted by molar-refractivity contribution is 5.95. The van der Waals surface area contributed by atoms with Crippen molar-refractivity contribution in [3.63, 3.8) is 0 Å². The predicted octanol–water partition coefficient (Wildman–Crippen LogP) is 3.21. The number of rotatable bonds is 4. The van der Waals surface area contributed by atoms with E-state index in [4.69, 9.17) is 0 Å². The van der Waals surface area contributed by atoms with Crippen LogP contribution < -0.4 is 10.2 Å². The summed E-state index contributed by atoms with van der Waals surface area (Å²) < 4.78 is 0. The molecule has 120 valence electrons. The van der Waals surface area contributed by atoms with E-state index in [0.29, 0.717) is 0 Å². The summed E-state index contributed by atoms with van der Waals surface area (Å²) in [5.74, 6) is 0.730. The second-order valence-electron chi connectivity index (χ2n) is 5.94. The van der Waals surface area contributed by atoms with E-state index in [1.165, 1.54) is 19.3 Å². The zero-order valence-corrected chi connectivity index (χ0v) is 13.4. The topological polar surface area (TPSA) is 58.1 Å². The van der Waals surface area contributed by atoms with Gasteiger partial charge in [0.15, 0.2) is 0 Å². The minimum atomic E-state index is -0.222. The highest BCUT2D eigenvalue weighted by atomic mass is 16.1. The van der Waals surface area contributed by atoms with Gasteiger partial charge < -0.3 is 10.2 Å². The minimum absolute atomic E-state index is 0.0382. The highest BCUT2D eigenvalue weighted by Crippen LogP contribution is 2.20. The van der Waals surface area contributed by atoms with Crippen LogP contribution in [0.2, 0.25) is 0 Å². The lowest BCUT2D eigenvalue weighted by Gasteiger charge is -2.27. The molecule has 1 aliphatic heterocycles. The molecular formula is C18H22N4O. The third-order valence-electron chi connectivity index (χ3n) is 4.29. The maximum atomic E-state index is 12.3. The van der Waals surface area contributed by atoms with E-state index < -0.39 is 0 Å². The minimum Gasteiger partial charge on any atom is -0.357 e. The van der Waals surface area contributed by atoms with Crippen LogP contribution in [0.1, 0.15) is 37.7 Å². The third-order valence-corrected chi connectivity index (χ3v) is 4.29. The molecule has 1 atom stereocenters. The molecule has 0 aliphatic carbocycles. The van der Waals surface area contributed by atoms with Crippen LogP contribution in [0.25, 0.3) is 0 Å². The second kappa shape index (κ2) is 7.22. The molecule has 0 radical (unpaired) electrons. The Bertz CT molecular complexity index is 636. The molecule has 23 heavy (non-hydrogen) atoms. The molecule has 0 saturated carbocycles. The van der Waals surface area contributed by atoms with E-state index in [2.05, 4.69) is 20.2 Å². The number of aromatic nitrogens is 2. The van der Waals surface area contributed by atoms with Crippen molar-refractivity contribution in [2.45, 2.75) is 32.1 Å². The van der Waals surface area contributed by atoms with Crippen molar-refractivity contribution in [3.8, 4) is 0 Å². The average Bonchev–Trinajstić information content (AvgIpc) is 2.63. The first-order chi connectivity index (χ1) is 11.2. The van der Waals surface area contributed by atoms with Crippen LogP contribution in [-0.2, 0) is 4.79 Å². The van der Waals surface area contributed by atoms with Crippen LogP contribution >= 0.6 is 0 Å². The molecule has 1 fully saturated rings. The second-order valence-corrected chi connectivity index (χ2v) is 5.94. The van der Waals surface area contributed by atoms with Crippen LogP contribution in [0.15, 0.2) is 42.9 Å². The van der Waals surface area contributed by atoms with Crippen molar-refractivity contribution in [1.82, 2.24) is 9.97 Å². The molecule has 0 aromatic carbocycles. The fourth-order valence-electron chi connectivity index (χ4n) is 2.82. The monoisotopic (exact) mass is 310 g/mol. The van der Waals surface area contributed by atoms with Crippen LogP contribution in [0.5, 0.6) is 0 Å². The van der Waals surface area contributed by atoms with Gasteiger partial charge in [0, 0.05) is 25.5 Å². The summed E-state index contributed by atoms with van der Waals surface area (Å²) in [6, 6.07) is 7.63. The zero-order valence-electron chi connectivity index (χ0n) is 13.4. The Balaban J connectivity index is 1.62. The molecule has 1 unspecified atom stereocenters. The Morgan fingerprint density at radius 2 is 1.87 bits per heavy atom. The first-order valence-electron chi connectivity index (χ1n) is 8.16. The van der Waals surface area contributed by atoms with Gasteiger partial charge in [-0.1, -0.05) is 0 Å². The van der Waals surface area contributed by atoms with Crippen LogP contribution in [0, 0.1) is 0 Å². The maximum Gasteiger partial charge on any atom is 0.231 e. The summed E-state index contributed by atoms with van der Waals surface area (Å²) in [5.41, 5.74) is 1.69. The van der Waals surface area contributed by atoms with Gasteiger partial charge in [0.2, 0.25) is 5.91 Å². The van der Waals surface area contributed by atoms with E-state index in [1.807, 2.05) is 31.2 Å². The fourth-order valence-corrected chi connectivity index (χ4v) is 2.82. The molecule has 5 nitrogen and oxygen atoms in total. The van der Waals surface area contributed by atoms with Gasteiger partial charge in [0.25, 0.3) is 0 Å². The van der Waals surface area contributed by atoms with Gasteiger partial charge in [-0.05, 0) is 56.0 Å². The van der Waals surface area contributed by atoms with Crippen LogP contribution in [0.3, 0.4) is 0 Å². The first kappa shape index (κ1) is 15.5. The Morgan fingerprint density at radius 1 is 1.13 bits per heavy atom. The molecule has 1 saturated heterocycles. The van der Waals surface area contributed by atoms with Crippen molar-refractivity contribution in [2.24, 2.45) is 0 Å². The third kappa shape index (κ3) is 3.86. The van der Waals surface area contributed by atoms with Crippen LogP contribution in [0.4, 0.5) is 11.5 Å². The largest absolute Gasteiger partial charge is 0.357 e. The number of amides is 1. The number of nitrogens with one attached hydrogen (secondary N) is 1. The van der Waals surface area contributed by atoms with E-state index >= 15 is 0 Å². The summed E-state index contributed by atoms with van der Waals surface area (Å²) in [4.78, 5) is 23.1. The van der Waals surface area contributed by atoms with Gasteiger partial charge >= 0.3 is 0 Å². The number of piperidine rings is 1. The predicted molar refractivity (Wildman–Crippen MR) is 91.6 cm³/mol. The summed E-state index contributed by atoms with van der Waals surface area (Å²) >= 11 is 0. The number of hydrogen-bond donors (Lipinski definition) is 1. The normalized spacial score (nSPS) is 16.0. The molecule has 1 aliphatic rings. The molecule has 1 amide bonds. The molecule has 0 spiro atoms. The Kier molecular flexibility index (Phi) is 4.86. The van der Waals surface area contributed by atoms with E-state index in [-0.39, 0.29) is 11.8 Å². The SMILES string of the molecule is CC(C(=O)Nc1ccc(N2CCCCC2)nc1)c1ccncc1. The molecule has 0 bridgehead atoms. The summed E-state index contributed by atoms with van der Waals surface area (Å²) in [7, 11) is 0. The summed E-state index contributed by atoms with van der Waals surface area (Å²) in [6.07, 6.45) is 8.90. The number of pyridine rings is 2. The van der Waals surface area contributed by atoms with Crippen molar-refractivity contribution in [1.29, 1.82) is 0 Å². The Morgan fingerprint density at radius 3 is 2.52 bits per heavy atom. The fraction of sp³-hybridized carbons (Fsp3) is 0.389. The van der Waals surface area contributed by atoms with Crippen molar-refractivity contribution in [3.05, 3.63) is 48.4 Å². The van der Waals surface area contributed by atoms with Gasteiger partial charge in [-0.15, -0.1) is 0 Å². The van der Waals surface area contributed by atoms with Crippen molar-refractivity contribution >= 4 is 17.4 Å². The first-order valence-corrected chi connectivity index (χ1v) is 8.16. The number of carbonyl (C=O) groups is 1. The Labute approximate surface area is 136 Å². The van der Waals surface area contributed by atoms with E-state index in [9.17, 15) is 4.79 Å². The van der Waals surface area contributed by atoms with Crippen LogP contribution in [-0.4, -0.2) is 29.0 Å². The Hall–Kier alpha value is -2.43. The van der Waals surface area contributed by atoms with Gasteiger partial charge in [0.05, 0.1) is 17.8 Å². The quantitative estimate of drug-likeness (QED) is 0.942. The molecule has 2 aromatic rings. The lowest BCUT2D eigenvalue weighted by atomic mass is 10.0. The number of nitrogens with zero attached hydrogens (tertiary/aromatic N) is 3. The van der Waals surface area contributed by atoms with Gasteiger partial charge in [-0.2, -0.15) is 0 Å². The van der Waals surface area contributed by atoms with E-state index in [1.54, 1.807) is 18.6 Å². The standard InChI is InChI=1S/C18H22N4O/c1-14(15-7-9-19-10-8-15)18(23)21-16-5-6-17(20-13-16)22-11-3-2-4-12-22/h5-10,13-14H,2-4,11-12H2,1H3,(H,21,23). The molecular weight excluding hydrogens is 288 g/mol. The molecule has 3 heterocycles.